The van der Waals surface area contributed by atoms with E-state index in [2.05, 4.69) is 4.98 Å². The Hall–Kier alpha value is -0.460. The van der Waals surface area contributed by atoms with Crippen LogP contribution in [0.3, 0.4) is 0 Å². The van der Waals surface area contributed by atoms with Crippen molar-refractivity contribution in [3.8, 4) is 0 Å². The van der Waals surface area contributed by atoms with Crippen LogP contribution in [0.1, 0.15) is 12.0 Å². The molecule has 1 aromatic rings. The predicted octanol–water partition coefficient (Wildman–Crippen LogP) is 3.19. The first-order valence-electron chi connectivity index (χ1n) is 4.50. The van der Waals surface area contributed by atoms with Gasteiger partial charge in [-0.05, 0) is 19.0 Å². The summed E-state index contributed by atoms with van der Waals surface area (Å²) >= 11 is 7.00. The van der Waals surface area contributed by atoms with Gasteiger partial charge in [0.05, 0.1) is 10.6 Å². The quantitative estimate of drug-likeness (QED) is 0.675. The summed E-state index contributed by atoms with van der Waals surface area (Å²) in [4.78, 5) is 3.69. The van der Waals surface area contributed by atoms with Crippen molar-refractivity contribution in [3.05, 3.63) is 22.8 Å². The molecule has 0 radical (unpaired) electrons. The summed E-state index contributed by atoms with van der Waals surface area (Å²) < 4.78 is 36.9. The lowest BCUT2D eigenvalue weighted by atomic mass is 10.3. The van der Waals surface area contributed by atoms with Crippen LogP contribution < -0.4 is 5.73 Å². The van der Waals surface area contributed by atoms with Gasteiger partial charge in [-0.25, -0.2) is 4.98 Å². The highest BCUT2D eigenvalue weighted by molar-refractivity contribution is 7.99. The molecule has 0 atom stereocenters. The number of nitrogens with zero attached hydrogens (tertiary/aromatic N) is 1. The SMILES string of the molecule is NCCCSc1ncc(C(F)(F)F)cc1Cl. The van der Waals surface area contributed by atoms with E-state index in [1.54, 1.807) is 0 Å². The number of hydrogen-bond donors (Lipinski definition) is 1. The van der Waals surface area contributed by atoms with Gasteiger partial charge in [-0.2, -0.15) is 13.2 Å². The molecule has 16 heavy (non-hydrogen) atoms. The summed E-state index contributed by atoms with van der Waals surface area (Å²) in [5.74, 6) is 0.689. The van der Waals surface area contributed by atoms with Crippen molar-refractivity contribution in [1.82, 2.24) is 4.98 Å². The molecule has 0 aliphatic heterocycles. The van der Waals surface area contributed by atoms with Crippen molar-refractivity contribution >= 4 is 23.4 Å². The largest absolute Gasteiger partial charge is 0.417 e. The molecule has 1 heterocycles. The summed E-state index contributed by atoms with van der Waals surface area (Å²) in [6.07, 6.45) is -2.85. The second kappa shape index (κ2) is 5.75. The van der Waals surface area contributed by atoms with Gasteiger partial charge in [0.2, 0.25) is 0 Å². The number of hydrogen-bond acceptors (Lipinski definition) is 3. The number of aromatic nitrogens is 1. The Labute approximate surface area is 100 Å². The molecule has 0 fully saturated rings. The molecular weight excluding hydrogens is 261 g/mol. The lowest BCUT2D eigenvalue weighted by molar-refractivity contribution is -0.137. The lowest BCUT2D eigenvalue weighted by Gasteiger charge is -2.08. The van der Waals surface area contributed by atoms with Crippen LogP contribution in [0, 0.1) is 0 Å². The molecule has 0 aromatic carbocycles. The maximum Gasteiger partial charge on any atom is 0.417 e. The highest BCUT2D eigenvalue weighted by Gasteiger charge is 2.31. The molecule has 0 spiro atoms. The van der Waals surface area contributed by atoms with Gasteiger partial charge in [0.25, 0.3) is 0 Å². The molecule has 0 saturated heterocycles. The van der Waals surface area contributed by atoms with Gasteiger partial charge in [-0.1, -0.05) is 11.6 Å². The van der Waals surface area contributed by atoms with Crippen LogP contribution in [-0.2, 0) is 6.18 Å². The third kappa shape index (κ3) is 3.84. The maximum absolute atomic E-state index is 12.3. The van der Waals surface area contributed by atoms with Gasteiger partial charge in [0.1, 0.15) is 5.03 Å². The minimum atomic E-state index is -4.41. The van der Waals surface area contributed by atoms with E-state index in [9.17, 15) is 13.2 Å². The molecule has 2 N–H and O–H groups in total. The van der Waals surface area contributed by atoms with Crippen LogP contribution in [0.5, 0.6) is 0 Å². The van der Waals surface area contributed by atoms with E-state index >= 15 is 0 Å². The van der Waals surface area contributed by atoms with Crippen LogP contribution in [-0.4, -0.2) is 17.3 Å². The van der Waals surface area contributed by atoms with Gasteiger partial charge in [0, 0.05) is 11.9 Å². The Morgan fingerprint density at radius 1 is 1.44 bits per heavy atom. The summed E-state index contributed by atoms with van der Waals surface area (Å²) in [6.45, 7) is 0.533. The minimum Gasteiger partial charge on any atom is -0.330 e. The zero-order chi connectivity index (χ0) is 12.2. The molecule has 0 aliphatic rings. The Bertz CT molecular complexity index is 357. The first-order valence-corrected chi connectivity index (χ1v) is 5.87. The number of pyridine rings is 1. The molecular formula is C9H10ClF3N2S. The summed E-state index contributed by atoms with van der Waals surface area (Å²) in [5, 5.41) is 0.431. The van der Waals surface area contributed by atoms with E-state index < -0.39 is 11.7 Å². The lowest BCUT2D eigenvalue weighted by Crippen LogP contribution is -2.06. The van der Waals surface area contributed by atoms with Crippen molar-refractivity contribution in [2.24, 2.45) is 5.73 Å². The van der Waals surface area contributed by atoms with Crippen molar-refractivity contribution in [2.75, 3.05) is 12.3 Å². The fraction of sp³-hybridized carbons (Fsp3) is 0.444. The van der Waals surface area contributed by atoms with E-state index in [1.807, 2.05) is 0 Å². The molecule has 0 saturated carbocycles. The smallest absolute Gasteiger partial charge is 0.330 e. The molecule has 1 aromatic heterocycles. The molecule has 0 unspecified atom stereocenters. The number of nitrogens with two attached hydrogens (primary N) is 1. The Morgan fingerprint density at radius 3 is 2.62 bits per heavy atom. The van der Waals surface area contributed by atoms with Crippen LogP contribution in [0.15, 0.2) is 17.3 Å². The van der Waals surface area contributed by atoms with E-state index in [0.717, 1.165) is 18.7 Å². The summed E-state index contributed by atoms with van der Waals surface area (Å²) in [7, 11) is 0. The van der Waals surface area contributed by atoms with Crippen LogP contribution in [0.2, 0.25) is 5.02 Å². The molecule has 90 valence electrons. The van der Waals surface area contributed by atoms with Crippen molar-refractivity contribution in [2.45, 2.75) is 17.6 Å². The molecule has 0 aliphatic carbocycles. The predicted molar refractivity (Wildman–Crippen MR) is 58.6 cm³/mol. The number of thioether (sulfide) groups is 1. The molecule has 7 heteroatoms. The number of alkyl halides is 3. The van der Waals surface area contributed by atoms with E-state index in [0.29, 0.717) is 17.3 Å². The Kier molecular flexibility index (Phi) is 4.89. The van der Waals surface area contributed by atoms with E-state index in [4.69, 9.17) is 17.3 Å². The van der Waals surface area contributed by atoms with Crippen molar-refractivity contribution in [3.63, 3.8) is 0 Å². The first-order chi connectivity index (χ1) is 7.45. The standard InChI is InChI=1S/C9H10ClF3N2S/c10-7-4-6(9(11,12)13)5-15-8(7)16-3-1-2-14/h4-5H,1-3,14H2. The van der Waals surface area contributed by atoms with Crippen molar-refractivity contribution in [1.29, 1.82) is 0 Å². The zero-order valence-electron chi connectivity index (χ0n) is 8.22. The fourth-order valence-electron chi connectivity index (χ4n) is 0.939. The molecule has 2 nitrogen and oxygen atoms in total. The van der Waals surface area contributed by atoms with Crippen LogP contribution in [0.25, 0.3) is 0 Å². The topological polar surface area (TPSA) is 38.9 Å². The third-order valence-electron chi connectivity index (χ3n) is 1.72. The van der Waals surface area contributed by atoms with Crippen molar-refractivity contribution < 1.29 is 13.2 Å². The number of rotatable bonds is 4. The highest BCUT2D eigenvalue weighted by Crippen LogP contribution is 2.33. The summed E-state index contributed by atoms with van der Waals surface area (Å²) in [5.41, 5.74) is 4.46. The highest BCUT2D eigenvalue weighted by atomic mass is 35.5. The van der Waals surface area contributed by atoms with Gasteiger partial charge < -0.3 is 5.73 Å². The van der Waals surface area contributed by atoms with E-state index in [-0.39, 0.29) is 5.02 Å². The van der Waals surface area contributed by atoms with Gasteiger partial charge in [0.15, 0.2) is 0 Å². The molecule has 0 bridgehead atoms. The van der Waals surface area contributed by atoms with Crippen LogP contribution in [0.4, 0.5) is 13.2 Å². The summed E-state index contributed by atoms with van der Waals surface area (Å²) in [6, 6.07) is 0.888. The van der Waals surface area contributed by atoms with E-state index in [1.165, 1.54) is 11.8 Å². The Balaban J connectivity index is 2.76. The van der Waals surface area contributed by atoms with Gasteiger partial charge in [-0.3, -0.25) is 0 Å². The second-order valence-electron chi connectivity index (χ2n) is 3.00. The first kappa shape index (κ1) is 13.6. The average molecular weight is 271 g/mol. The normalized spacial score (nSPS) is 11.8. The maximum atomic E-state index is 12.3. The average Bonchev–Trinajstić information content (AvgIpc) is 2.19. The fourth-order valence-corrected chi connectivity index (χ4v) is 2.10. The monoisotopic (exact) mass is 270 g/mol. The van der Waals surface area contributed by atoms with Gasteiger partial charge in [-0.15, -0.1) is 11.8 Å². The molecule has 1 rings (SSSR count). The minimum absolute atomic E-state index is 0.0249. The number of halogens is 4. The van der Waals surface area contributed by atoms with Crippen LogP contribution >= 0.6 is 23.4 Å². The Morgan fingerprint density at radius 2 is 2.12 bits per heavy atom. The third-order valence-corrected chi connectivity index (χ3v) is 3.21. The molecule has 0 amide bonds. The zero-order valence-corrected chi connectivity index (χ0v) is 9.79. The second-order valence-corrected chi connectivity index (χ2v) is 4.49. The van der Waals surface area contributed by atoms with Gasteiger partial charge >= 0.3 is 6.18 Å².